The van der Waals surface area contributed by atoms with Crippen molar-refractivity contribution in [1.82, 2.24) is 4.98 Å². The number of hydrogen-bond acceptors (Lipinski definition) is 5. The molecule has 3 aromatic rings. The molecule has 1 heterocycles. The molecule has 0 spiro atoms. The first-order valence-corrected chi connectivity index (χ1v) is 11.6. The Bertz CT molecular complexity index is 1060. The number of aromatic nitrogens is 1. The smallest absolute Gasteiger partial charge is 0.416 e. The highest BCUT2D eigenvalue weighted by atomic mass is 32.1. The molecule has 8 heteroatoms. The van der Waals surface area contributed by atoms with E-state index in [9.17, 15) is 18.3 Å². The number of halogens is 3. The molecular formula is C25H28F3NO3S. The molecule has 1 atom stereocenters. The van der Waals surface area contributed by atoms with Gasteiger partial charge in [0.15, 0.2) is 0 Å². The number of thiazole rings is 1. The summed E-state index contributed by atoms with van der Waals surface area (Å²) in [6.45, 7) is 6.10. The Hall–Kier alpha value is -2.42. The Labute approximate surface area is 195 Å². The number of ether oxygens (including phenoxy) is 1. The Morgan fingerprint density at radius 1 is 1.09 bits per heavy atom. The molecule has 178 valence electrons. The lowest BCUT2D eigenvalue weighted by Gasteiger charge is -2.14. The third kappa shape index (κ3) is 6.34. The van der Waals surface area contributed by atoms with Crippen LogP contribution in [-0.4, -0.2) is 28.4 Å². The van der Waals surface area contributed by atoms with E-state index in [1.807, 2.05) is 32.9 Å². The van der Waals surface area contributed by atoms with Gasteiger partial charge in [-0.2, -0.15) is 13.2 Å². The third-order valence-corrected chi connectivity index (χ3v) is 6.49. The summed E-state index contributed by atoms with van der Waals surface area (Å²) >= 11 is 1.46. The zero-order valence-corrected chi connectivity index (χ0v) is 19.6. The zero-order chi connectivity index (χ0) is 24.2. The van der Waals surface area contributed by atoms with Crippen LogP contribution in [0.25, 0.3) is 10.6 Å². The molecule has 4 nitrogen and oxygen atoms in total. The number of nitrogens with zero attached hydrogens (tertiary/aromatic N) is 1. The lowest BCUT2D eigenvalue weighted by atomic mass is 10.00. The molecule has 0 saturated heterocycles. The Morgan fingerprint density at radius 3 is 2.36 bits per heavy atom. The summed E-state index contributed by atoms with van der Waals surface area (Å²) in [7, 11) is 0. The molecule has 0 aliphatic carbocycles. The van der Waals surface area contributed by atoms with Gasteiger partial charge in [-0.3, -0.25) is 0 Å². The summed E-state index contributed by atoms with van der Waals surface area (Å²) in [5, 5.41) is 20.3. The van der Waals surface area contributed by atoms with E-state index >= 15 is 0 Å². The minimum absolute atomic E-state index is 0.0642. The van der Waals surface area contributed by atoms with Crippen molar-refractivity contribution in [2.24, 2.45) is 0 Å². The van der Waals surface area contributed by atoms with Crippen LogP contribution in [0.15, 0.2) is 42.5 Å². The fourth-order valence-electron chi connectivity index (χ4n) is 3.55. The van der Waals surface area contributed by atoms with Gasteiger partial charge in [0.2, 0.25) is 0 Å². The quantitative estimate of drug-likeness (QED) is 0.378. The maximum atomic E-state index is 12.9. The van der Waals surface area contributed by atoms with Crippen molar-refractivity contribution in [2.45, 2.75) is 51.8 Å². The van der Waals surface area contributed by atoms with Gasteiger partial charge in [-0.1, -0.05) is 32.0 Å². The standard InChI is InChI=1S/C25H28F3NO3S/c1-15(2)23-22(33-24(29-23)17-4-7-19(8-5-17)25(26,27)28)11-9-20(31)18-6-10-21(16(3)14-18)32-13-12-30/h4-8,10,14-15,20,30-31H,9,11-13H2,1-3H3/t20-/m1/s1. The second kappa shape index (κ2) is 10.7. The van der Waals surface area contributed by atoms with E-state index in [2.05, 4.69) is 0 Å². The number of aliphatic hydroxyl groups is 2. The van der Waals surface area contributed by atoms with E-state index in [0.29, 0.717) is 29.2 Å². The summed E-state index contributed by atoms with van der Waals surface area (Å²) in [5.41, 5.74) is 2.54. The van der Waals surface area contributed by atoms with Gasteiger partial charge >= 0.3 is 6.18 Å². The van der Waals surface area contributed by atoms with Gasteiger partial charge in [-0.15, -0.1) is 11.3 Å². The second-order valence-corrected chi connectivity index (χ2v) is 9.29. The van der Waals surface area contributed by atoms with Crippen LogP contribution in [0, 0.1) is 6.92 Å². The SMILES string of the molecule is Cc1cc([C@H](O)CCc2sc(-c3ccc(C(F)(F)F)cc3)nc2C(C)C)ccc1OCCO. The molecule has 0 amide bonds. The lowest BCUT2D eigenvalue weighted by molar-refractivity contribution is -0.137. The number of benzene rings is 2. The van der Waals surface area contributed by atoms with Gasteiger partial charge in [0.25, 0.3) is 0 Å². The molecule has 0 fully saturated rings. The largest absolute Gasteiger partial charge is 0.491 e. The van der Waals surface area contributed by atoms with Crippen molar-refractivity contribution >= 4 is 11.3 Å². The minimum Gasteiger partial charge on any atom is -0.491 e. The van der Waals surface area contributed by atoms with E-state index < -0.39 is 17.8 Å². The molecule has 3 rings (SSSR count). The van der Waals surface area contributed by atoms with Crippen molar-refractivity contribution in [3.63, 3.8) is 0 Å². The fraction of sp³-hybridized carbons (Fsp3) is 0.400. The predicted octanol–water partition coefficient (Wildman–Crippen LogP) is 6.30. The molecule has 2 aromatic carbocycles. The van der Waals surface area contributed by atoms with Gasteiger partial charge in [-0.25, -0.2) is 4.98 Å². The number of aliphatic hydroxyl groups excluding tert-OH is 2. The third-order valence-electron chi connectivity index (χ3n) is 5.31. The molecule has 1 aromatic heterocycles. The highest BCUT2D eigenvalue weighted by Gasteiger charge is 2.30. The van der Waals surface area contributed by atoms with E-state index in [1.54, 1.807) is 6.07 Å². The zero-order valence-electron chi connectivity index (χ0n) is 18.8. The van der Waals surface area contributed by atoms with Crippen LogP contribution in [0.5, 0.6) is 5.75 Å². The summed E-state index contributed by atoms with van der Waals surface area (Å²) in [4.78, 5) is 5.72. The van der Waals surface area contributed by atoms with Crippen molar-refractivity contribution in [2.75, 3.05) is 13.2 Å². The molecule has 33 heavy (non-hydrogen) atoms. The summed E-state index contributed by atoms with van der Waals surface area (Å²) < 4.78 is 44.0. The monoisotopic (exact) mass is 479 g/mol. The molecule has 0 radical (unpaired) electrons. The average Bonchev–Trinajstić information content (AvgIpc) is 3.21. The molecular weight excluding hydrogens is 451 g/mol. The molecule has 0 bridgehead atoms. The molecule has 0 aliphatic rings. The van der Waals surface area contributed by atoms with Crippen LogP contribution in [0.1, 0.15) is 59.6 Å². The van der Waals surface area contributed by atoms with E-state index in [0.717, 1.165) is 33.8 Å². The Morgan fingerprint density at radius 2 is 1.79 bits per heavy atom. The number of hydrogen-bond donors (Lipinski definition) is 2. The van der Waals surface area contributed by atoms with Gasteiger partial charge in [-0.05, 0) is 61.1 Å². The summed E-state index contributed by atoms with van der Waals surface area (Å²) in [6, 6.07) is 10.5. The topological polar surface area (TPSA) is 62.6 Å². The number of aryl methyl sites for hydroxylation is 2. The van der Waals surface area contributed by atoms with E-state index in [4.69, 9.17) is 14.8 Å². The van der Waals surface area contributed by atoms with E-state index in [1.165, 1.54) is 23.5 Å². The van der Waals surface area contributed by atoms with E-state index in [-0.39, 0.29) is 19.1 Å². The molecule has 0 unspecified atom stereocenters. The lowest BCUT2D eigenvalue weighted by Crippen LogP contribution is -2.05. The van der Waals surface area contributed by atoms with Gasteiger partial charge in [0.05, 0.1) is 24.0 Å². The molecule has 0 saturated carbocycles. The van der Waals surface area contributed by atoms with Crippen LogP contribution in [0.3, 0.4) is 0 Å². The molecule has 2 N–H and O–H groups in total. The van der Waals surface area contributed by atoms with Crippen LogP contribution < -0.4 is 4.74 Å². The van der Waals surface area contributed by atoms with Crippen molar-refractivity contribution in [3.8, 4) is 16.3 Å². The summed E-state index contributed by atoms with van der Waals surface area (Å²) in [6.07, 6.45) is -3.94. The first-order valence-electron chi connectivity index (χ1n) is 10.8. The van der Waals surface area contributed by atoms with Gasteiger partial charge in [0.1, 0.15) is 17.4 Å². The predicted molar refractivity (Wildman–Crippen MR) is 124 cm³/mol. The van der Waals surface area contributed by atoms with Crippen LogP contribution in [-0.2, 0) is 12.6 Å². The second-order valence-electron chi connectivity index (χ2n) is 8.21. The number of rotatable bonds is 9. The first-order chi connectivity index (χ1) is 15.6. The van der Waals surface area contributed by atoms with Crippen molar-refractivity contribution in [1.29, 1.82) is 0 Å². The average molecular weight is 480 g/mol. The molecule has 0 aliphatic heterocycles. The highest BCUT2D eigenvalue weighted by molar-refractivity contribution is 7.15. The Kier molecular flexibility index (Phi) is 8.15. The van der Waals surface area contributed by atoms with Crippen molar-refractivity contribution < 1.29 is 28.1 Å². The fourth-order valence-corrected chi connectivity index (χ4v) is 4.79. The Balaban J connectivity index is 1.74. The maximum absolute atomic E-state index is 12.9. The van der Waals surface area contributed by atoms with Crippen LogP contribution in [0.2, 0.25) is 0 Å². The van der Waals surface area contributed by atoms with Crippen LogP contribution >= 0.6 is 11.3 Å². The van der Waals surface area contributed by atoms with Crippen molar-refractivity contribution in [3.05, 3.63) is 69.7 Å². The van der Waals surface area contributed by atoms with Crippen LogP contribution in [0.4, 0.5) is 13.2 Å². The highest BCUT2D eigenvalue weighted by Crippen LogP contribution is 2.36. The minimum atomic E-state index is -4.37. The maximum Gasteiger partial charge on any atom is 0.416 e. The normalized spacial score (nSPS) is 12.9. The van der Waals surface area contributed by atoms with Gasteiger partial charge in [0, 0.05) is 10.4 Å². The number of alkyl halides is 3. The first kappa shape index (κ1) is 25.2. The summed E-state index contributed by atoms with van der Waals surface area (Å²) in [5.74, 6) is 0.826. The van der Waals surface area contributed by atoms with Gasteiger partial charge < -0.3 is 14.9 Å².